The van der Waals surface area contributed by atoms with E-state index in [1.807, 2.05) is 0 Å². The van der Waals surface area contributed by atoms with Crippen molar-refractivity contribution in [1.29, 1.82) is 0 Å². The molecule has 0 amide bonds. The van der Waals surface area contributed by atoms with Gasteiger partial charge in [0.2, 0.25) is 6.10 Å². The van der Waals surface area contributed by atoms with E-state index < -0.39 is 83.8 Å². The van der Waals surface area contributed by atoms with Gasteiger partial charge in [-0.1, -0.05) is 41.5 Å². The zero-order valence-electron chi connectivity index (χ0n) is 20.4. The van der Waals surface area contributed by atoms with Crippen LogP contribution in [-0.4, -0.2) is 51.7 Å². The Balaban J connectivity index is 2.63. The first-order valence-electron chi connectivity index (χ1n) is 11.1. The summed E-state index contributed by atoms with van der Waals surface area (Å²) in [5.74, 6) is -7.36. The molecule has 0 N–H and O–H groups in total. The molecule has 0 aromatic carbocycles. The summed E-state index contributed by atoms with van der Waals surface area (Å²) in [6.07, 6.45) is -4.25. The van der Waals surface area contributed by atoms with Gasteiger partial charge >= 0.3 is 23.6 Å². The number of rotatable bonds is 9. The van der Waals surface area contributed by atoms with E-state index in [0.717, 1.165) is 16.8 Å². The van der Waals surface area contributed by atoms with Crippen LogP contribution in [0.15, 0.2) is 21.9 Å². The average Bonchev–Trinajstić information content (AvgIpc) is 3.03. The average molecular weight is 521 g/mol. The summed E-state index contributed by atoms with van der Waals surface area (Å²) in [4.78, 5) is 61.8. The topological polar surface area (TPSA) is 132 Å². The fraction of sp³-hybridized carbons (Fsp3) is 0.682. The maximum atomic E-state index is 16.3. The second-order valence-electron chi connectivity index (χ2n) is 9.02. The van der Waals surface area contributed by atoms with E-state index in [9.17, 15) is 24.0 Å². The lowest BCUT2D eigenvalue weighted by molar-refractivity contribution is -0.226. The van der Waals surface area contributed by atoms with Crippen molar-refractivity contribution in [3.05, 3.63) is 33.1 Å². The fourth-order valence-electron chi connectivity index (χ4n) is 3.04. The Morgan fingerprint density at radius 1 is 1.03 bits per heavy atom. The van der Waals surface area contributed by atoms with Crippen LogP contribution in [0.1, 0.15) is 47.8 Å². The number of ether oxygens (including phenoxy) is 4. The summed E-state index contributed by atoms with van der Waals surface area (Å²) in [6, 6.07) is 0.473. The van der Waals surface area contributed by atoms with Gasteiger partial charge in [0, 0.05) is 12.3 Å². The van der Waals surface area contributed by atoms with E-state index >= 15 is 4.39 Å². The highest BCUT2D eigenvalue weighted by molar-refractivity contribution is 6.15. The Morgan fingerprint density at radius 2 is 1.57 bits per heavy atom. The van der Waals surface area contributed by atoms with Crippen LogP contribution in [0.4, 0.5) is 4.39 Å². The van der Waals surface area contributed by atoms with Crippen molar-refractivity contribution >= 4 is 29.5 Å². The van der Waals surface area contributed by atoms with E-state index in [1.54, 1.807) is 0 Å². The summed E-state index contributed by atoms with van der Waals surface area (Å²) < 4.78 is 39.0. The number of hydrogen-bond donors (Lipinski definition) is 0. The first kappa shape index (κ1) is 28.5. The highest BCUT2D eigenvalue weighted by atomic mass is 35.5. The Bertz CT molecular complexity index is 1070. The van der Waals surface area contributed by atoms with Crippen molar-refractivity contribution in [3.63, 3.8) is 0 Å². The second kappa shape index (κ2) is 11.3. The number of hydrogen-bond acceptors (Lipinski definition) is 9. The number of aromatic nitrogens is 2. The molecule has 0 spiro atoms. The Labute approximate surface area is 206 Å². The van der Waals surface area contributed by atoms with Gasteiger partial charge in [0.25, 0.3) is 11.4 Å². The van der Waals surface area contributed by atoms with Gasteiger partial charge in [-0.2, -0.15) is 0 Å². The van der Waals surface area contributed by atoms with Crippen LogP contribution >= 0.6 is 11.6 Å². The number of halogens is 2. The van der Waals surface area contributed by atoms with Crippen molar-refractivity contribution in [3.8, 4) is 0 Å². The van der Waals surface area contributed by atoms with Gasteiger partial charge in [-0.3, -0.25) is 23.7 Å². The SMILES string of the molecule is CC(C)C(=O)OC[C@@]1(F)O[C@@H](n2ccc(=O)n(CCl)c2=O)[C@H](OC(=O)C(C)C)[C@@H]1OC(=O)C(C)C. The Kier molecular flexibility index (Phi) is 9.23. The molecule has 0 saturated carbocycles. The number of carbonyl (C=O) groups excluding carboxylic acids is 3. The minimum atomic E-state index is -3.00. The largest absolute Gasteiger partial charge is 0.459 e. The number of alkyl halides is 2. The smallest absolute Gasteiger partial charge is 0.334 e. The van der Waals surface area contributed by atoms with Gasteiger partial charge in [0.15, 0.2) is 18.9 Å². The van der Waals surface area contributed by atoms with Gasteiger partial charge in [-0.25, -0.2) is 13.8 Å². The lowest BCUT2D eigenvalue weighted by Crippen LogP contribution is -2.49. The molecule has 1 aliphatic rings. The van der Waals surface area contributed by atoms with Crippen LogP contribution in [0.25, 0.3) is 0 Å². The van der Waals surface area contributed by atoms with E-state index in [4.69, 9.17) is 30.5 Å². The lowest BCUT2D eigenvalue weighted by atomic mass is 10.1. The predicted octanol–water partition coefficient (Wildman–Crippen LogP) is 1.74. The van der Waals surface area contributed by atoms with Crippen molar-refractivity contribution in [2.24, 2.45) is 17.8 Å². The van der Waals surface area contributed by atoms with Gasteiger partial charge in [-0.15, -0.1) is 11.6 Å². The summed E-state index contributed by atoms with van der Waals surface area (Å²) in [5, 5.41) is 0. The van der Waals surface area contributed by atoms with E-state index in [-0.39, 0.29) is 0 Å². The minimum absolute atomic E-state index is 0.514. The van der Waals surface area contributed by atoms with Gasteiger partial charge in [0.1, 0.15) is 6.00 Å². The Hall–Kier alpha value is -2.73. The third-order valence-corrected chi connectivity index (χ3v) is 5.37. The summed E-state index contributed by atoms with van der Waals surface area (Å²) in [5.41, 5.74) is -1.71. The molecule has 1 aliphatic heterocycles. The molecule has 4 atom stereocenters. The second-order valence-corrected chi connectivity index (χ2v) is 9.26. The van der Waals surface area contributed by atoms with Crippen molar-refractivity contribution < 1.29 is 37.7 Å². The molecule has 35 heavy (non-hydrogen) atoms. The fourth-order valence-corrected chi connectivity index (χ4v) is 3.26. The Morgan fingerprint density at radius 3 is 2.09 bits per heavy atom. The number of nitrogens with zero attached hydrogens (tertiary/aromatic N) is 2. The van der Waals surface area contributed by atoms with E-state index in [0.29, 0.717) is 4.57 Å². The first-order chi connectivity index (χ1) is 16.2. The maximum Gasteiger partial charge on any atom is 0.334 e. The standard InChI is InChI=1S/C22H30ClFN2O9/c1-11(2)18(28)32-9-22(24)16(34-20(30)13(5)6)15(33-19(29)12(3)4)17(35-22)25-8-7-14(27)26(10-23)21(25)31/h7-8,11-13,15-17H,9-10H2,1-6H3/t15-,16+,17-,22-/m1/s1. The lowest BCUT2D eigenvalue weighted by Gasteiger charge is -2.28. The van der Waals surface area contributed by atoms with Crippen molar-refractivity contribution in [1.82, 2.24) is 9.13 Å². The van der Waals surface area contributed by atoms with Gasteiger partial charge < -0.3 is 18.9 Å². The summed E-state index contributed by atoms with van der Waals surface area (Å²) >= 11 is 5.70. The van der Waals surface area contributed by atoms with Crippen LogP contribution in [0.3, 0.4) is 0 Å². The molecule has 196 valence electrons. The molecule has 1 saturated heterocycles. The molecule has 0 radical (unpaired) electrons. The molecule has 0 unspecified atom stereocenters. The quantitative estimate of drug-likeness (QED) is 0.271. The van der Waals surface area contributed by atoms with Crippen LogP contribution in [0, 0.1) is 17.8 Å². The maximum absolute atomic E-state index is 16.3. The molecule has 1 fully saturated rings. The third kappa shape index (κ3) is 6.29. The summed E-state index contributed by atoms with van der Waals surface area (Å²) in [7, 11) is 0. The molecular formula is C22H30ClFN2O9. The van der Waals surface area contributed by atoms with Crippen LogP contribution < -0.4 is 11.2 Å². The molecular weight excluding hydrogens is 491 g/mol. The van der Waals surface area contributed by atoms with E-state index in [2.05, 4.69) is 0 Å². The molecule has 1 aromatic heterocycles. The molecule has 11 nitrogen and oxygen atoms in total. The zero-order valence-corrected chi connectivity index (χ0v) is 21.1. The normalized spacial score (nSPS) is 24.1. The van der Waals surface area contributed by atoms with Gasteiger partial charge in [0.05, 0.1) is 17.8 Å². The number of carbonyl (C=O) groups is 3. The molecule has 2 rings (SSSR count). The van der Waals surface area contributed by atoms with Crippen molar-refractivity contribution in [2.75, 3.05) is 6.61 Å². The van der Waals surface area contributed by atoms with Crippen LogP contribution in [0.5, 0.6) is 0 Å². The molecule has 1 aromatic rings. The molecule has 0 bridgehead atoms. The van der Waals surface area contributed by atoms with Crippen LogP contribution in [0.2, 0.25) is 0 Å². The van der Waals surface area contributed by atoms with Crippen LogP contribution in [-0.2, 0) is 39.3 Å². The van der Waals surface area contributed by atoms with Gasteiger partial charge in [-0.05, 0) is 0 Å². The molecule has 0 aliphatic carbocycles. The summed E-state index contributed by atoms with van der Waals surface area (Å²) in [6.45, 7) is 8.10. The highest BCUT2D eigenvalue weighted by Crippen LogP contribution is 2.42. The first-order valence-corrected chi connectivity index (χ1v) is 11.6. The van der Waals surface area contributed by atoms with E-state index in [1.165, 1.54) is 41.5 Å². The molecule has 2 heterocycles. The van der Waals surface area contributed by atoms with Crippen molar-refractivity contribution in [2.45, 2.75) is 71.8 Å². The predicted molar refractivity (Wildman–Crippen MR) is 120 cm³/mol. The monoisotopic (exact) mass is 520 g/mol. The third-order valence-electron chi connectivity index (χ3n) is 5.13. The molecule has 13 heteroatoms. The zero-order chi connectivity index (χ0) is 26.7. The minimum Gasteiger partial charge on any atom is -0.459 e. The number of esters is 3. The highest BCUT2D eigenvalue weighted by Gasteiger charge is 2.62.